The van der Waals surface area contributed by atoms with Crippen LogP contribution in [0.25, 0.3) is 10.9 Å². The molecule has 24 heavy (non-hydrogen) atoms. The minimum absolute atomic E-state index is 0. The van der Waals surface area contributed by atoms with E-state index in [-0.39, 0.29) is 12.4 Å². The van der Waals surface area contributed by atoms with Crippen LogP contribution in [0.15, 0.2) is 42.5 Å². The van der Waals surface area contributed by atoms with Crippen molar-refractivity contribution >= 4 is 29.0 Å². The van der Waals surface area contributed by atoms with Gasteiger partial charge in [-0.2, -0.15) is 0 Å². The van der Waals surface area contributed by atoms with Crippen molar-refractivity contribution in [2.75, 3.05) is 12.8 Å². The number of pyridine rings is 1. The summed E-state index contributed by atoms with van der Waals surface area (Å²) in [7, 11) is 1.65. The Labute approximate surface area is 147 Å². The third-order valence-electron chi connectivity index (χ3n) is 4.32. The number of nitrogens with two attached hydrogens (primary N) is 1. The molecule has 4 nitrogen and oxygen atoms in total. The van der Waals surface area contributed by atoms with Crippen LogP contribution in [0.2, 0.25) is 0 Å². The average Bonchev–Trinajstić information content (AvgIpc) is 3.05. The average molecular weight is 343 g/mol. The molecule has 0 aliphatic heterocycles. The zero-order valence-corrected chi connectivity index (χ0v) is 14.2. The number of aromatic nitrogens is 1. The number of nitrogen functional groups attached to an aromatic ring is 1. The van der Waals surface area contributed by atoms with E-state index in [0.717, 1.165) is 58.8 Å². The van der Waals surface area contributed by atoms with E-state index in [1.165, 1.54) is 5.56 Å². The molecule has 5 heteroatoms. The number of methoxy groups -OCH3 is 1. The Morgan fingerprint density at radius 2 is 1.67 bits per heavy atom. The van der Waals surface area contributed by atoms with Crippen molar-refractivity contribution < 1.29 is 9.47 Å². The molecule has 124 valence electrons. The van der Waals surface area contributed by atoms with E-state index < -0.39 is 0 Å². The monoisotopic (exact) mass is 342 g/mol. The van der Waals surface area contributed by atoms with E-state index in [1.54, 1.807) is 7.11 Å². The smallest absolute Gasteiger partial charge is 0.128 e. The summed E-state index contributed by atoms with van der Waals surface area (Å²) >= 11 is 0. The van der Waals surface area contributed by atoms with E-state index in [2.05, 4.69) is 0 Å². The molecule has 0 saturated carbocycles. The Morgan fingerprint density at radius 1 is 0.958 bits per heavy atom. The number of aryl methyl sites for hydroxylation is 1. The van der Waals surface area contributed by atoms with E-state index in [1.807, 2.05) is 42.5 Å². The lowest BCUT2D eigenvalue weighted by Crippen LogP contribution is -1.98. The summed E-state index contributed by atoms with van der Waals surface area (Å²) < 4.78 is 11.1. The van der Waals surface area contributed by atoms with Crippen molar-refractivity contribution in [3.63, 3.8) is 0 Å². The van der Waals surface area contributed by atoms with Crippen molar-refractivity contribution in [2.45, 2.75) is 19.3 Å². The van der Waals surface area contributed by atoms with Gasteiger partial charge in [0.25, 0.3) is 0 Å². The molecule has 0 bridgehead atoms. The maximum absolute atomic E-state index is 6.36. The zero-order valence-electron chi connectivity index (χ0n) is 13.4. The maximum Gasteiger partial charge on any atom is 0.128 e. The van der Waals surface area contributed by atoms with Crippen LogP contribution >= 0.6 is 12.4 Å². The second-order valence-electron chi connectivity index (χ2n) is 5.76. The maximum atomic E-state index is 6.36. The number of halogens is 1. The molecule has 4 rings (SSSR count). The first-order chi connectivity index (χ1) is 11.2. The first-order valence-electron chi connectivity index (χ1n) is 7.77. The lowest BCUT2D eigenvalue weighted by Gasteiger charge is -2.11. The number of ether oxygens (including phenoxy) is 2. The highest BCUT2D eigenvalue weighted by Crippen LogP contribution is 2.34. The molecule has 1 aliphatic rings. The fourth-order valence-corrected chi connectivity index (χ4v) is 3.12. The van der Waals surface area contributed by atoms with Crippen LogP contribution < -0.4 is 15.2 Å². The lowest BCUT2D eigenvalue weighted by atomic mass is 10.1. The van der Waals surface area contributed by atoms with E-state index >= 15 is 0 Å². The molecule has 0 spiro atoms. The predicted octanol–water partition coefficient (Wildman–Crippen LogP) is 4.53. The Balaban J connectivity index is 0.00000169. The van der Waals surface area contributed by atoms with Gasteiger partial charge in [-0.3, -0.25) is 4.98 Å². The van der Waals surface area contributed by atoms with Gasteiger partial charge in [-0.1, -0.05) is 0 Å². The predicted molar refractivity (Wildman–Crippen MR) is 98.5 cm³/mol. The van der Waals surface area contributed by atoms with Gasteiger partial charge in [0.05, 0.1) is 12.6 Å². The van der Waals surface area contributed by atoms with Crippen LogP contribution in [-0.4, -0.2) is 12.1 Å². The molecular weight excluding hydrogens is 324 g/mol. The minimum atomic E-state index is 0. The fraction of sp³-hybridized carbons (Fsp3) is 0.211. The van der Waals surface area contributed by atoms with Gasteiger partial charge in [-0.05, 0) is 67.3 Å². The normalized spacial score (nSPS) is 12.5. The Morgan fingerprint density at radius 3 is 2.42 bits per heavy atom. The highest BCUT2D eigenvalue weighted by molar-refractivity contribution is 5.93. The molecule has 0 saturated heterocycles. The summed E-state index contributed by atoms with van der Waals surface area (Å²) in [5.74, 6) is 2.33. The summed E-state index contributed by atoms with van der Waals surface area (Å²) in [6.45, 7) is 0. The van der Waals surface area contributed by atoms with Gasteiger partial charge in [-0.15, -0.1) is 12.4 Å². The number of hydrogen-bond donors (Lipinski definition) is 1. The third-order valence-corrected chi connectivity index (χ3v) is 4.32. The first-order valence-corrected chi connectivity index (χ1v) is 7.77. The summed E-state index contributed by atoms with van der Waals surface area (Å²) in [5.41, 5.74) is 10.5. The van der Waals surface area contributed by atoms with Crippen molar-refractivity contribution in [2.24, 2.45) is 0 Å². The van der Waals surface area contributed by atoms with E-state index in [0.29, 0.717) is 0 Å². The zero-order chi connectivity index (χ0) is 15.8. The van der Waals surface area contributed by atoms with Crippen molar-refractivity contribution in [3.05, 3.63) is 53.7 Å². The van der Waals surface area contributed by atoms with Gasteiger partial charge in [0.15, 0.2) is 0 Å². The van der Waals surface area contributed by atoms with Gasteiger partial charge < -0.3 is 15.2 Å². The van der Waals surface area contributed by atoms with Gasteiger partial charge in [-0.25, -0.2) is 0 Å². The molecule has 3 aromatic rings. The molecule has 1 aromatic heterocycles. The van der Waals surface area contributed by atoms with Crippen LogP contribution in [0.5, 0.6) is 17.2 Å². The van der Waals surface area contributed by atoms with Crippen LogP contribution in [0.4, 0.5) is 5.69 Å². The van der Waals surface area contributed by atoms with Gasteiger partial charge in [0.2, 0.25) is 0 Å². The molecular formula is C19H19ClN2O2. The number of anilines is 1. The van der Waals surface area contributed by atoms with Gasteiger partial charge in [0.1, 0.15) is 17.2 Å². The first kappa shape index (κ1) is 16.4. The second kappa shape index (κ2) is 6.57. The largest absolute Gasteiger partial charge is 0.497 e. The lowest BCUT2D eigenvalue weighted by molar-refractivity contribution is 0.413. The second-order valence-corrected chi connectivity index (χ2v) is 5.76. The summed E-state index contributed by atoms with van der Waals surface area (Å²) in [4.78, 5) is 4.74. The number of rotatable bonds is 3. The van der Waals surface area contributed by atoms with Crippen molar-refractivity contribution in [3.8, 4) is 17.2 Å². The molecule has 0 fully saturated rings. The topological polar surface area (TPSA) is 57.4 Å². The molecule has 0 amide bonds. The van der Waals surface area contributed by atoms with Crippen LogP contribution in [-0.2, 0) is 12.8 Å². The summed E-state index contributed by atoms with van der Waals surface area (Å²) in [6, 6.07) is 13.4. The van der Waals surface area contributed by atoms with Gasteiger partial charge in [0, 0.05) is 16.8 Å². The highest BCUT2D eigenvalue weighted by Gasteiger charge is 2.18. The summed E-state index contributed by atoms with van der Waals surface area (Å²) in [6.07, 6.45) is 3.19. The quantitative estimate of drug-likeness (QED) is 0.759. The fourth-order valence-electron chi connectivity index (χ4n) is 3.12. The Hall–Kier alpha value is -2.46. The molecule has 1 heterocycles. The molecule has 2 N–H and O–H groups in total. The van der Waals surface area contributed by atoms with Crippen LogP contribution in [0.1, 0.15) is 17.7 Å². The minimum Gasteiger partial charge on any atom is -0.497 e. The Kier molecular flexibility index (Phi) is 4.49. The molecule has 0 radical (unpaired) electrons. The SMILES string of the molecule is COc1ccc(Oc2ccc3nc4c(c(N)c3c2)CCC4)cc1.Cl. The molecule has 0 unspecified atom stereocenters. The number of benzene rings is 2. The van der Waals surface area contributed by atoms with Gasteiger partial charge >= 0.3 is 0 Å². The van der Waals surface area contributed by atoms with Crippen molar-refractivity contribution in [1.82, 2.24) is 4.98 Å². The van der Waals surface area contributed by atoms with Crippen molar-refractivity contribution in [1.29, 1.82) is 0 Å². The Bertz CT molecular complexity index is 879. The number of fused-ring (bicyclic) bond motifs is 2. The van der Waals surface area contributed by atoms with E-state index in [9.17, 15) is 0 Å². The molecule has 1 aliphatic carbocycles. The molecule has 0 atom stereocenters. The third kappa shape index (κ3) is 2.85. The van der Waals surface area contributed by atoms with Crippen LogP contribution in [0, 0.1) is 0 Å². The summed E-state index contributed by atoms with van der Waals surface area (Å²) in [5, 5.41) is 0.969. The molecule has 2 aromatic carbocycles. The van der Waals surface area contributed by atoms with Crippen LogP contribution in [0.3, 0.4) is 0 Å². The van der Waals surface area contributed by atoms with E-state index in [4.69, 9.17) is 20.2 Å². The number of hydrogen-bond acceptors (Lipinski definition) is 4. The standard InChI is InChI=1S/C19H18N2O2.ClH/c1-22-12-5-7-13(8-6-12)23-14-9-10-18-16(11-14)19(20)15-3-2-4-17(15)21-18;/h5-11H,2-4H2,1H3,(H2,20,21);1H. The highest BCUT2D eigenvalue weighted by atomic mass is 35.5. The number of nitrogens with zero attached hydrogens (tertiary/aromatic N) is 1.